The number of benzene rings is 2. The van der Waals surface area contributed by atoms with Crippen molar-refractivity contribution in [2.24, 2.45) is 11.8 Å². The number of pyridine rings is 1. The highest BCUT2D eigenvalue weighted by Gasteiger charge is 2.49. The molecule has 4 aromatic rings. The van der Waals surface area contributed by atoms with Crippen molar-refractivity contribution >= 4 is 56.6 Å². The smallest absolute Gasteiger partial charge is 0.320 e. The number of fused-ring (bicyclic) bond motifs is 4. The van der Waals surface area contributed by atoms with Crippen molar-refractivity contribution in [3.63, 3.8) is 0 Å². The Morgan fingerprint density at radius 1 is 1.02 bits per heavy atom. The normalized spacial score (nSPS) is 24.2. The fraction of sp³-hybridized carbons (Fsp3) is 0.429. The van der Waals surface area contributed by atoms with E-state index in [9.17, 15) is 4.79 Å². The molecular formula is C35H35Cl2N5O2. The molecule has 2 aromatic carbocycles. The average molecular weight is 629 g/mol. The zero-order valence-corrected chi connectivity index (χ0v) is 26.2. The van der Waals surface area contributed by atoms with Gasteiger partial charge in [-0.3, -0.25) is 9.69 Å². The van der Waals surface area contributed by atoms with Crippen LogP contribution in [0.5, 0.6) is 6.01 Å². The molecule has 226 valence electrons. The molecule has 7 nitrogen and oxygen atoms in total. The molecule has 3 atom stereocenters. The molecule has 4 fully saturated rings. The van der Waals surface area contributed by atoms with E-state index < -0.39 is 0 Å². The second kappa shape index (κ2) is 11.0. The molecule has 0 amide bonds. The van der Waals surface area contributed by atoms with Gasteiger partial charge in [-0.05, 0) is 75.2 Å². The maximum Gasteiger partial charge on any atom is 0.320 e. The Bertz CT molecular complexity index is 1800. The second-order valence-corrected chi connectivity index (χ2v) is 13.7. The fourth-order valence-corrected chi connectivity index (χ4v) is 9.01. The lowest BCUT2D eigenvalue weighted by molar-refractivity contribution is -0.122. The second-order valence-electron chi connectivity index (χ2n) is 12.9. The van der Waals surface area contributed by atoms with E-state index >= 15 is 0 Å². The Labute approximate surface area is 267 Å². The van der Waals surface area contributed by atoms with E-state index in [1.807, 2.05) is 42.5 Å². The predicted molar refractivity (Wildman–Crippen MR) is 176 cm³/mol. The van der Waals surface area contributed by atoms with Gasteiger partial charge in [-0.25, -0.2) is 4.98 Å². The Morgan fingerprint density at radius 2 is 1.82 bits per heavy atom. The van der Waals surface area contributed by atoms with Gasteiger partial charge in [-0.2, -0.15) is 9.97 Å². The Morgan fingerprint density at radius 3 is 2.61 bits per heavy atom. The molecule has 1 unspecified atom stereocenters. The highest BCUT2D eigenvalue weighted by molar-refractivity contribution is 6.38. The largest absolute Gasteiger partial charge is 0.461 e. The number of ether oxygens (including phenoxy) is 1. The predicted octanol–water partition coefficient (Wildman–Crippen LogP) is 7.52. The Balaban J connectivity index is 1.23. The van der Waals surface area contributed by atoms with Crippen LogP contribution in [-0.4, -0.2) is 63.5 Å². The number of carbonyl (C=O) groups is 1. The van der Waals surface area contributed by atoms with E-state index in [0.29, 0.717) is 34.0 Å². The van der Waals surface area contributed by atoms with Crippen molar-refractivity contribution in [3.05, 3.63) is 65.2 Å². The molecule has 44 heavy (non-hydrogen) atoms. The third-order valence-corrected chi connectivity index (χ3v) is 11.3. The van der Waals surface area contributed by atoms with Crippen LogP contribution in [0.1, 0.15) is 44.9 Å². The molecule has 2 aromatic heterocycles. The lowest BCUT2D eigenvalue weighted by atomic mass is 9.68. The number of nitrogens with zero attached hydrogens (tertiary/aromatic N) is 5. The van der Waals surface area contributed by atoms with Crippen LogP contribution in [0.4, 0.5) is 5.82 Å². The molecule has 4 aliphatic rings. The monoisotopic (exact) mass is 627 g/mol. The highest BCUT2D eigenvalue weighted by Crippen LogP contribution is 2.47. The van der Waals surface area contributed by atoms with Gasteiger partial charge >= 0.3 is 6.01 Å². The van der Waals surface area contributed by atoms with Crippen molar-refractivity contribution in [2.45, 2.75) is 56.5 Å². The quantitative estimate of drug-likeness (QED) is 0.196. The maximum atomic E-state index is 12.7. The van der Waals surface area contributed by atoms with Gasteiger partial charge in [0.2, 0.25) is 0 Å². The molecule has 3 saturated heterocycles. The summed E-state index contributed by atoms with van der Waals surface area (Å²) in [5.74, 6) is 1.23. The topological polar surface area (TPSA) is 71.5 Å². The first kappa shape index (κ1) is 28.2. The van der Waals surface area contributed by atoms with Gasteiger partial charge in [0.25, 0.3) is 0 Å². The third-order valence-electron chi connectivity index (χ3n) is 10.7. The molecule has 8 rings (SSSR count). The minimum absolute atomic E-state index is 0.0190. The van der Waals surface area contributed by atoms with E-state index in [1.165, 1.54) is 18.9 Å². The molecule has 0 N–H and O–H groups in total. The summed E-state index contributed by atoms with van der Waals surface area (Å²) in [6.07, 6.45) is 9.10. The summed E-state index contributed by atoms with van der Waals surface area (Å²) >= 11 is 13.7. The summed E-state index contributed by atoms with van der Waals surface area (Å²) in [5, 5.41) is 3.87. The van der Waals surface area contributed by atoms with E-state index in [-0.39, 0.29) is 29.2 Å². The zero-order chi connectivity index (χ0) is 30.0. The van der Waals surface area contributed by atoms with Gasteiger partial charge in [0, 0.05) is 40.4 Å². The summed E-state index contributed by atoms with van der Waals surface area (Å²) in [7, 11) is 0. The number of rotatable bonds is 7. The van der Waals surface area contributed by atoms with Gasteiger partial charge in [-0.1, -0.05) is 66.5 Å². The van der Waals surface area contributed by atoms with Crippen molar-refractivity contribution in [1.82, 2.24) is 19.9 Å². The number of allylic oxidation sites excluding steroid dienone is 1. The first-order chi connectivity index (χ1) is 21.5. The Hall–Kier alpha value is -3.26. The summed E-state index contributed by atoms with van der Waals surface area (Å²) in [5.41, 5.74) is 2.09. The number of hydrogen-bond donors (Lipinski definition) is 0. The van der Waals surface area contributed by atoms with Crippen LogP contribution in [0.3, 0.4) is 0 Å². The Kier molecular flexibility index (Phi) is 7.04. The highest BCUT2D eigenvalue weighted by atomic mass is 35.5. The van der Waals surface area contributed by atoms with Gasteiger partial charge in [0.05, 0.1) is 21.6 Å². The maximum absolute atomic E-state index is 12.7. The van der Waals surface area contributed by atoms with Gasteiger partial charge < -0.3 is 9.64 Å². The summed E-state index contributed by atoms with van der Waals surface area (Å²) < 4.78 is 6.49. The molecular weight excluding hydrogens is 593 g/mol. The lowest BCUT2D eigenvalue weighted by Crippen LogP contribution is -2.62. The zero-order valence-electron chi connectivity index (χ0n) is 24.6. The summed E-state index contributed by atoms with van der Waals surface area (Å²) in [6, 6.07) is 14.4. The standard InChI is InChI=1S/C35H35Cl2N5O2/c1-2-29(43)22-10-5-13-28-25(22)19-42(28)33-24-18-27(37)31(23-11-3-8-21-9-4-12-26(36)30(21)23)38-32(24)39-34(40-33)44-20-35-14-6-16-41(35)17-7-15-35/h2-4,8-9,11-12,18,22,25,28H,1,5-7,10,13-17,19-20H2/t22?,25-,28+/m0/s1. The van der Waals surface area contributed by atoms with Crippen molar-refractivity contribution in [1.29, 1.82) is 0 Å². The first-order valence-corrected chi connectivity index (χ1v) is 16.6. The lowest BCUT2D eigenvalue weighted by Gasteiger charge is -2.54. The SMILES string of the molecule is C=CC(=O)C1CCC[C@@H]2[C@H]1CN2c1nc(OCC23CCCN2CCC3)nc2nc(-c3cccc4cccc(Cl)c34)c(Cl)cc12. The number of anilines is 1. The van der Waals surface area contributed by atoms with E-state index in [2.05, 4.69) is 16.4 Å². The van der Waals surface area contributed by atoms with E-state index in [4.69, 9.17) is 42.9 Å². The number of halogens is 2. The number of aromatic nitrogens is 3. The van der Waals surface area contributed by atoms with E-state index in [0.717, 1.165) is 79.3 Å². The van der Waals surface area contributed by atoms with Gasteiger partial charge in [0.1, 0.15) is 12.4 Å². The number of carbonyl (C=O) groups excluding carboxylic acids is 1. The van der Waals surface area contributed by atoms with Gasteiger partial charge in [-0.15, -0.1) is 0 Å². The van der Waals surface area contributed by atoms with Crippen molar-refractivity contribution in [2.75, 3.05) is 31.1 Å². The molecule has 1 saturated carbocycles. The average Bonchev–Trinajstić information content (AvgIpc) is 3.61. The molecule has 9 heteroatoms. The molecule has 0 radical (unpaired) electrons. The number of ketones is 1. The summed E-state index contributed by atoms with van der Waals surface area (Å²) in [4.78, 5) is 32.6. The van der Waals surface area contributed by atoms with Crippen LogP contribution in [0, 0.1) is 11.8 Å². The molecule has 1 aliphatic carbocycles. The molecule has 0 spiro atoms. The van der Waals surface area contributed by atoms with Crippen LogP contribution >= 0.6 is 23.2 Å². The fourth-order valence-electron chi connectivity index (χ4n) is 8.47. The van der Waals surface area contributed by atoms with Crippen LogP contribution < -0.4 is 9.64 Å². The number of hydrogen-bond acceptors (Lipinski definition) is 7. The first-order valence-electron chi connectivity index (χ1n) is 15.8. The van der Waals surface area contributed by atoms with Gasteiger partial charge in [0.15, 0.2) is 11.4 Å². The molecule has 3 aliphatic heterocycles. The van der Waals surface area contributed by atoms with Crippen molar-refractivity contribution in [3.8, 4) is 17.3 Å². The third kappa shape index (κ3) is 4.50. The van der Waals surface area contributed by atoms with Crippen LogP contribution in [-0.2, 0) is 4.79 Å². The van der Waals surface area contributed by atoms with Crippen molar-refractivity contribution < 1.29 is 9.53 Å². The van der Waals surface area contributed by atoms with Crippen LogP contribution in [0.15, 0.2) is 55.1 Å². The molecule has 5 heterocycles. The summed E-state index contributed by atoms with van der Waals surface area (Å²) in [6.45, 7) is 7.33. The minimum atomic E-state index is 0.0190. The van der Waals surface area contributed by atoms with Crippen LogP contribution in [0.2, 0.25) is 10.0 Å². The minimum Gasteiger partial charge on any atom is -0.461 e. The molecule has 0 bridgehead atoms. The van der Waals surface area contributed by atoms with Crippen LogP contribution in [0.25, 0.3) is 33.1 Å². The van der Waals surface area contributed by atoms with E-state index in [1.54, 1.807) is 0 Å².